The van der Waals surface area contributed by atoms with E-state index in [1.807, 2.05) is 35.4 Å². The molecular formula is C20H24N2O2. The molecule has 2 heterocycles. The van der Waals surface area contributed by atoms with E-state index < -0.39 is 0 Å². The van der Waals surface area contributed by atoms with Gasteiger partial charge in [0.1, 0.15) is 5.75 Å². The van der Waals surface area contributed by atoms with Crippen LogP contribution in [0.2, 0.25) is 0 Å². The molecule has 4 nitrogen and oxygen atoms in total. The van der Waals surface area contributed by atoms with Gasteiger partial charge < -0.3 is 9.64 Å². The summed E-state index contributed by atoms with van der Waals surface area (Å²) in [5, 5.41) is 1.11. The fourth-order valence-corrected chi connectivity index (χ4v) is 3.29. The first-order valence-electron chi connectivity index (χ1n) is 8.52. The molecular weight excluding hydrogens is 300 g/mol. The van der Waals surface area contributed by atoms with Crippen LogP contribution in [0.4, 0.5) is 0 Å². The number of piperidine rings is 1. The summed E-state index contributed by atoms with van der Waals surface area (Å²) in [6, 6.07) is 8.00. The van der Waals surface area contributed by atoms with E-state index in [1.165, 1.54) is 5.56 Å². The summed E-state index contributed by atoms with van der Waals surface area (Å²) < 4.78 is 5.32. The van der Waals surface area contributed by atoms with Gasteiger partial charge in [0.2, 0.25) is 5.91 Å². The van der Waals surface area contributed by atoms with E-state index in [0.717, 1.165) is 49.0 Å². The summed E-state index contributed by atoms with van der Waals surface area (Å²) in [6.45, 7) is 3.44. The van der Waals surface area contributed by atoms with Crippen LogP contribution in [0, 0.1) is 5.92 Å². The van der Waals surface area contributed by atoms with Crippen molar-refractivity contribution in [3.05, 3.63) is 42.1 Å². The number of hydrogen-bond donors (Lipinski definition) is 0. The highest BCUT2D eigenvalue weighted by atomic mass is 16.5. The Morgan fingerprint density at radius 1 is 1.33 bits per heavy atom. The maximum Gasteiger partial charge on any atom is 0.219 e. The van der Waals surface area contributed by atoms with Crippen molar-refractivity contribution in [3.63, 3.8) is 0 Å². The Kier molecular flexibility index (Phi) is 5.14. The van der Waals surface area contributed by atoms with Crippen LogP contribution in [0.15, 0.2) is 36.5 Å². The van der Waals surface area contributed by atoms with Gasteiger partial charge in [-0.05, 0) is 55.0 Å². The lowest BCUT2D eigenvalue weighted by Crippen LogP contribution is -2.36. The summed E-state index contributed by atoms with van der Waals surface area (Å²) >= 11 is 0. The molecule has 126 valence electrons. The Morgan fingerprint density at radius 3 is 2.83 bits per heavy atom. The van der Waals surface area contributed by atoms with Crippen LogP contribution in [0.1, 0.15) is 31.7 Å². The van der Waals surface area contributed by atoms with Crippen molar-refractivity contribution in [1.29, 1.82) is 0 Å². The summed E-state index contributed by atoms with van der Waals surface area (Å²) in [7, 11) is 1.68. The van der Waals surface area contributed by atoms with Gasteiger partial charge in [-0.15, -0.1) is 0 Å². The summed E-state index contributed by atoms with van der Waals surface area (Å²) in [4.78, 5) is 17.7. The molecule has 0 unspecified atom stereocenters. The Hall–Kier alpha value is -2.36. The number of carbonyl (C=O) groups excluding carboxylic acids is 1. The fraction of sp³-hybridized carbons (Fsp3) is 0.400. The Bertz CT molecular complexity index is 746. The number of aromatic nitrogens is 1. The third kappa shape index (κ3) is 3.75. The number of amides is 1. The van der Waals surface area contributed by atoms with Gasteiger partial charge in [0.15, 0.2) is 0 Å². The zero-order valence-corrected chi connectivity index (χ0v) is 14.4. The minimum Gasteiger partial charge on any atom is -0.497 e. The minimum absolute atomic E-state index is 0.196. The Balaban J connectivity index is 1.67. The van der Waals surface area contributed by atoms with Crippen molar-refractivity contribution in [2.45, 2.75) is 26.2 Å². The number of nitrogens with zero attached hydrogens (tertiary/aromatic N) is 2. The van der Waals surface area contributed by atoms with Gasteiger partial charge in [0, 0.05) is 31.6 Å². The predicted octanol–water partition coefficient (Wildman–Crippen LogP) is 3.91. The molecule has 1 fully saturated rings. The number of methoxy groups -OCH3 is 1. The SMILES string of the molecule is COc1ccc2nccc(/C=C/CC3CCN(C(C)=O)CC3)c2c1. The van der Waals surface area contributed by atoms with Crippen LogP contribution >= 0.6 is 0 Å². The number of pyridine rings is 1. The first kappa shape index (κ1) is 16.5. The van der Waals surface area contributed by atoms with Gasteiger partial charge in [-0.2, -0.15) is 0 Å². The van der Waals surface area contributed by atoms with E-state index >= 15 is 0 Å². The van der Waals surface area contributed by atoms with Gasteiger partial charge in [0.05, 0.1) is 12.6 Å². The van der Waals surface area contributed by atoms with E-state index in [4.69, 9.17) is 4.74 Å². The Labute approximate surface area is 143 Å². The number of carbonyl (C=O) groups is 1. The molecule has 1 aromatic carbocycles. The molecule has 0 spiro atoms. The molecule has 0 bridgehead atoms. The fourth-order valence-electron chi connectivity index (χ4n) is 3.29. The topological polar surface area (TPSA) is 42.4 Å². The average Bonchev–Trinajstić information content (AvgIpc) is 2.62. The van der Waals surface area contributed by atoms with Crippen molar-refractivity contribution in [2.24, 2.45) is 5.92 Å². The van der Waals surface area contributed by atoms with Crippen LogP contribution in [0.25, 0.3) is 17.0 Å². The van der Waals surface area contributed by atoms with Gasteiger partial charge in [-0.25, -0.2) is 0 Å². The van der Waals surface area contributed by atoms with Gasteiger partial charge in [-0.3, -0.25) is 9.78 Å². The summed E-state index contributed by atoms with van der Waals surface area (Å²) in [5.74, 6) is 1.71. The number of rotatable bonds is 4. The highest BCUT2D eigenvalue weighted by Crippen LogP contribution is 2.25. The van der Waals surface area contributed by atoms with Crippen molar-refractivity contribution >= 4 is 22.9 Å². The van der Waals surface area contributed by atoms with Gasteiger partial charge in [-0.1, -0.05) is 12.2 Å². The highest BCUT2D eigenvalue weighted by Gasteiger charge is 2.19. The second kappa shape index (κ2) is 7.47. The van der Waals surface area contributed by atoms with Gasteiger partial charge >= 0.3 is 0 Å². The first-order valence-corrected chi connectivity index (χ1v) is 8.52. The van der Waals surface area contributed by atoms with Crippen molar-refractivity contribution in [2.75, 3.05) is 20.2 Å². The average molecular weight is 324 g/mol. The molecule has 0 atom stereocenters. The van der Waals surface area contributed by atoms with E-state index in [1.54, 1.807) is 14.0 Å². The lowest BCUT2D eigenvalue weighted by molar-refractivity contribution is -0.130. The molecule has 1 saturated heterocycles. The number of allylic oxidation sites excluding steroid dienone is 1. The van der Waals surface area contributed by atoms with Crippen LogP contribution < -0.4 is 4.74 Å². The van der Waals surface area contributed by atoms with E-state index in [0.29, 0.717) is 5.92 Å². The lowest BCUT2D eigenvalue weighted by Gasteiger charge is -2.30. The second-order valence-corrected chi connectivity index (χ2v) is 6.37. The summed E-state index contributed by atoms with van der Waals surface area (Å²) in [6.07, 6.45) is 9.52. The first-order chi connectivity index (χ1) is 11.7. The minimum atomic E-state index is 0.196. The lowest BCUT2D eigenvalue weighted by atomic mass is 9.93. The maximum absolute atomic E-state index is 11.4. The standard InChI is InChI=1S/C20H24N2O2/c1-15(23)22-12-9-16(10-13-22)4-3-5-17-8-11-21-20-7-6-18(24-2)14-19(17)20/h3,5-8,11,14,16H,4,9-10,12-13H2,1-2H3/b5-3+. The normalized spacial score (nSPS) is 16.0. The molecule has 1 aliphatic heterocycles. The van der Waals surface area contributed by atoms with Crippen molar-refractivity contribution < 1.29 is 9.53 Å². The van der Waals surface area contributed by atoms with Crippen LogP contribution in [-0.4, -0.2) is 36.0 Å². The van der Waals surface area contributed by atoms with E-state index in [2.05, 4.69) is 17.1 Å². The molecule has 0 N–H and O–H groups in total. The molecule has 2 aromatic rings. The van der Waals surface area contributed by atoms with E-state index in [-0.39, 0.29) is 5.91 Å². The molecule has 3 rings (SSSR count). The Morgan fingerprint density at radius 2 is 2.12 bits per heavy atom. The number of fused-ring (bicyclic) bond motifs is 1. The second-order valence-electron chi connectivity index (χ2n) is 6.37. The quantitative estimate of drug-likeness (QED) is 0.856. The third-order valence-electron chi connectivity index (χ3n) is 4.81. The smallest absolute Gasteiger partial charge is 0.219 e. The molecule has 1 aliphatic rings. The molecule has 1 aromatic heterocycles. The van der Waals surface area contributed by atoms with Crippen LogP contribution in [0.5, 0.6) is 5.75 Å². The number of benzene rings is 1. The molecule has 0 radical (unpaired) electrons. The highest BCUT2D eigenvalue weighted by molar-refractivity contribution is 5.88. The van der Waals surface area contributed by atoms with Crippen LogP contribution in [0.3, 0.4) is 0 Å². The van der Waals surface area contributed by atoms with Crippen molar-refractivity contribution in [3.8, 4) is 5.75 Å². The number of hydrogen-bond acceptors (Lipinski definition) is 3. The predicted molar refractivity (Wildman–Crippen MR) is 96.9 cm³/mol. The largest absolute Gasteiger partial charge is 0.497 e. The molecule has 4 heteroatoms. The molecule has 24 heavy (non-hydrogen) atoms. The maximum atomic E-state index is 11.4. The third-order valence-corrected chi connectivity index (χ3v) is 4.81. The molecule has 1 amide bonds. The number of likely N-dealkylation sites (tertiary alicyclic amines) is 1. The molecule has 0 aliphatic carbocycles. The monoisotopic (exact) mass is 324 g/mol. The van der Waals surface area contributed by atoms with Crippen LogP contribution in [-0.2, 0) is 4.79 Å². The zero-order chi connectivity index (χ0) is 16.9. The van der Waals surface area contributed by atoms with Gasteiger partial charge in [0.25, 0.3) is 0 Å². The van der Waals surface area contributed by atoms with E-state index in [9.17, 15) is 4.79 Å². The number of ether oxygens (including phenoxy) is 1. The zero-order valence-electron chi connectivity index (χ0n) is 14.4. The molecule has 0 saturated carbocycles. The van der Waals surface area contributed by atoms with Crippen molar-refractivity contribution in [1.82, 2.24) is 9.88 Å². The summed E-state index contributed by atoms with van der Waals surface area (Å²) in [5.41, 5.74) is 2.15.